The molecule has 7 heteroatoms. The van der Waals surface area contributed by atoms with E-state index in [4.69, 9.17) is 11.6 Å². The second kappa shape index (κ2) is 6.47. The Morgan fingerprint density at radius 2 is 2.14 bits per heavy atom. The minimum Gasteiger partial charge on any atom is -0.355 e. The molecule has 1 unspecified atom stereocenters. The lowest BCUT2D eigenvalue weighted by Gasteiger charge is -2.16. The fourth-order valence-electron chi connectivity index (χ4n) is 2.59. The molecular weight excluding hydrogens is 290 g/mol. The molecule has 2 aromatic heterocycles. The van der Waals surface area contributed by atoms with Gasteiger partial charge in [0.15, 0.2) is 5.65 Å². The van der Waals surface area contributed by atoms with E-state index in [1.54, 1.807) is 4.68 Å². The molecule has 1 atom stereocenters. The molecule has 1 N–H and O–H groups in total. The molecule has 0 saturated carbocycles. The van der Waals surface area contributed by atoms with Crippen molar-refractivity contribution in [2.75, 3.05) is 12.4 Å². The van der Waals surface area contributed by atoms with Crippen molar-refractivity contribution in [1.82, 2.24) is 24.6 Å². The van der Waals surface area contributed by atoms with Crippen LogP contribution in [0.15, 0.2) is 0 Å². The van der Waals surface area contributed by atoms with Crippen molar-refractivity contribution in [3.05, 3.63) is 11.5 Å². The Morgan fingerprint density at radius 3 is 2.71 bits per heavy atom. The summed E-state index contributed by atoms with van der Waals surface area (Å²) in [5.41, 5.74) is 2.70. The molecule has 1 amide bonds. The zero-order chi connectivity index (χ0) is 15.6. The number of aryl methyl sites for hydroxylation is 3. The van der Waals surface area contributed by atoms with Gasteiger partial charge in [-0.2, -0.15) is 5.10 Å². The molecule has 0 aromatic carbocycles. The Balaban J connectivity index is 2.60. The maximum absolute atomic E-state index is 12.2. The van der Waals surface area contributed by atoms with E-state index in [-0.39, 0.29) is 11.9 Å². The first kappa shape index (κ1) is 15.8. The number of amides is 1. The molecule has 0 fully saturated rings. The summed E-state index contributed by atoms with van der Waals surface area (Å²) >= 11 is 5.89. The number of imidazole rings is 1. The van der Waals surface area contributed by atoms with E-state index < -0.39 is 0 Å². The molecule has 21 heavy (non-hydrogen) atoms. The zero-order valence-electron chi connectivity index (χ0n) is 13.0. The number of halogens is 1. The molecule has 0 saturated heterocycles. The third-order valence-corrected chi connectivity index (χ3v) is 3.77. The summed E-state index contributed by atoms with van der Waals surface area (Å²) in [7, 11) is 1.88. The number of carbonyl (C=O) groups excluding carboxylic acids is 1. The fraction of sp³-hybridized carbons (Fsp3) is 0.643. The monoisotopic (exact) mass is 311 g/mol. The van der Waals surface area contributed by atoms with Gasteiger partial charge in [0.1, 0.15) is 17.4 Å². The van der Waals surface area contributed by atoms with E-state index in [2.05, 4.69) is 22.3 Å². The summed E-state index contributed by atoms with van der Waals surface area (Å²) in [6.45, 7) is 6.45. The van der Waals surface area contributed by atoms with Crippen molar-refractivity contribution in [2.45, 2.75) is 39.7 Å². The number of likely N-dealkylation sites (N-methyl/N-ethyl adjacent to an activating group) is 1. The second-order valence-electron chi connectivity index (χ2n) is 5.00. The van der Waals surface area contributed by atoms with Gasteiger partial charge >= 0.3 is 0 Å². The maximum atomic E-state index is 12.2. The number of hydrogen-bond acceptors (Lipinski definition) is 3. The highest BCUT2D eigenvalue weighted by atomic mass is 35.5. The van der Waals surface area contributed by atoms with Crippen LogP contribution in [0.2, 0.25) is 0 Å². The SMILES string of the molecule is CCNC(=O)C(C)n1c(CCCl)nc2c(CC)nn(C)c21. The van der Waals surface area contributed by atoms with E-state index in [1.807, 2.05) is 25.5 Å². The maximum Gasteiger partial charge on any atom is 0.242 e. The van der Waals surface area contributed by atoms with Crippen molar-refractivity contribution in [2.24, 2.45) is 7.05 Å². The third kappa shape index (κ3) is 2.77. The number of aromatic nitrogens is 4. The van der Waals surface area contributed by atoms with Crippen molar-refractivity contribution < 1.29 is 4.79 Å². The minimum atomic E-state index is -0.340. The first-order chi connectivity index (χ1) is 10.0. The van der Waals surface area contributed by atoms with Crippen LogP contribution in [0.5, 0.6) is 0 Å². The Bertz CT molecular complexity index is 645. The third-order valence-electron chi connectivity index (χ3n) is 3.58. The van der Waals surface area contributed by atoms with Gasteiger partial charge in [0.25, 0.3) is 0 Å². The van der Waals surface area contributed by atoms with Gasteiger partial charge in [0.05, 0.1) is 5.69 Å². The van der Waals surface area contributed by atoms with Crippen LogP contribution in [-0.2, 0) is 24.7 Å². The van der Waals surface area contributed by atoms with Gasteiger partial charge in [0, 0.05) is 25.9 Å². The van der Waals surface area contributed by atoms with Crippen LogP contribution in [0, 0.1) is 0 Å². The molecule has 2 aromatic rings. The quantitative estimate of drug-likeness (QED) is 0.828. The van der Waals surface area contributed by atoms with Gasteiger partial charge in [-0.25, -0.2) is 4.98 Å². The average Bonchev–Trinajstić information content (AvgIpc) is 2.96. The Hall–Kier alpha value is -1.56. The lowest BCUT2D eigenvalue weighted by atomic mass is 10.3. The van der Waals surface area contributed by atoms with Crippen molar-refractivity contribution in [1.29, 1.82) is 0 Å². The topological polar surface area (TPSA) is 64.7 Å². The highest BCUT2D eigenvalue weighted by Gasteiger charge is 2.24. The van der Waals surface area contributed by atoms with Crippen LogP contribution >= 0.6 is 11.6 Å². The predicted octanol–water partition coefficient (Wildman–Crippen LogP) is 1.81. The molecule has 0 radical (unpaired) electrons. The van der Waals surface area contributed by atoms with Gasteiger partial charge in [-0.05, 0) is 20.3 Å². The zero-order valence-corrected chi connectivity index (χ0v) is 13.7. The van der Waals surface area contributed by atoms with E-state index >= 15 is 0 Å². The van der Waals surface area contributed by atoms with E-state index in [0.717, 1.165) is 29.1 Å². The normalized spacial score (nSPS) is 12.8. The number of nitrogens with one attached hydrogen (secondary N) is 1. The standard InChI is InChI=1S/C14H22ClN5O/c1-5-10-12-14(19(4)18-10)20(11(17-12)7-8-15)9(3)13(21)16-6-2/h9H,5-8H2,1-4H3,(H,16,21). The summed E-state index contributed by atoms with van der Waals surface area (Å²) in [5.74, 6) is 1.29. The Morgan fingerprint density at radius 1 is 1.43 bits per heavy atom. The first-order valence-corrected chi connectivity index (χ1v) is 7.84. The first-order valence-electron chi connectivity index (χ1n) is 7.31. The minimum absolute atomic E-state index is 0.0214. The largest absolute Gasteiger partial charge is 0.355 e. The lowest BCUT2D eigenvalue weighted by Crippen LogP contribution is -2.32. The summed E-state index contributed by atoms with van der Waals surface area (Å²) in [4.78, 5) is 16.9. The second-order valence-corrected chi connectivity index (χ2v) is 5.38. The van der Waals surface area contributed by atoms with E-state index in [9.17, 15) is 4.79 Å². The van der Waals surface area contributed by atoms with E-state index in [1.165, 1.54) is 0 Å². The lowest BCUT2D eigenvalue weighted by molar-refractivity contribution is -0.123. The molecule has 0 spiro atoms. The van der Waals surface area contributed by atoms with Crippen molar-refractivity contribution in [3.8, 4) is 0 Å². The van der Waals surface area contributed by atoms with E-state index in [0.29, 0.717) is 18.8 Å². The summed E-state index contributed by atoms with van der Waals surface area (Å²) in [6, 6.07) is -0.340. The van der Waals surface area contributed by atoms with Crippen molar-refractivity contribution >= 4 is 28.7 Å². The Labute approximate surface area is 129 Å². The summed E-state index contributed by atoms with van der Waals surface area (Å²) < 4.78 is 3.75. The van der Waals surface area contributed by atoms with Crippen molar-refractivity contribution in [3.63, 3.8) is 0 Å². The number of rotatable bonds is 6. The number of nitrogens with zero attached hydrogens (tertiary/aromatic N) is 4. The van der Waals surface area contributed by atoms with Crippen LogP contribution in [0.4, 0.5) is 0 Å². The van der Waals surface area contributed by atoms with Crippen LogP contribution in [0.25, 0.3) is 11.2 Å². The molecule has 116 valence electrons. The number of fused-ring (bicyclic) bond motifs is 1. The summed E-state index contributed by atoms with van der Waals surface area (Å²) in [6.07, 6.45) is 1.44. The predicted molar refractivity (Wildman–Crippen MR) is 83.7 cm³/mol. The van der Waals surface area contributed by atoms with Gasteiger partial charge in [-0.3, -0.25) is 9.48 Å². The highest BCUT2D eigenvalue weighted by molar-refractivity contribution is 6.17. The average molecular weight is 312 g/mol. The molecule has 0 aliphatic rings. The molecule has 0 bridgehead atoms. The highest BCUT2D eigenvalue weighted by Crippen LogP contribution is 2.24. The molecule has 0 aliphatic heterocycles. The fourth-order valence-corrected chi connectivity index (χ4v) is 2.76. The van der Waals surface area contributed by atoms with Gasteiger partial charge in [0.2, 0.25) is 5.91 Å². The molecular formula is C14H22ClN5O. The van der Waals surface area contributed by atoms with Gasteiger partial charge in [-0.1, -0.05) is 6.92 Å². The van der Waals surface area contributed by atoms with Crippen LogP contribution < -0.4 is 5.32 Å². The van der Waals surface area contributed by atoms with Crippen LogP contribution in [-0.4, -0.2) is 37.7 Å². The number of hydrogen-bond donors (Lipinski definition) is 1. The van der Waals surface area contributed by atoms with Gasteiger partial charge < -0.3 is 9.88 Å². The molecule has 2 heterocycles. The number of carbonyl (C=O) groups is 1. The molecule has 2 rings (SSSR count). The summed E-state index contributed by atoms with van der Waals surface area (Å²) in [5, 5.41) is 7.34. The van der Waals surface area contributed by atoms with Gasteiger partial charge in [-0.15, -0.1) is 11.6 Å². The molecule has 6 nitrogen and oxygen atoms in total. The smallest absolute Gasteiger partial charge is 0.242 e. The molecule has 0 aliphatic carbocycles. The Kier molecular flexibility index (Phi) is 4.88. The number of alkyl halides is 1. The van der Waals surface area contributed by atoms with Crippen LogP contribution in [0.1, 0.15) is 38.3 Å². The van der Waals surface area contributed by atoms with Crippen LogP contribution in [0.3, 0.4) is 0 Å².